The van der Waals surface area contributed by atoms with E-state index in [0.29, 0.717) is 11.8 Å². The van der Waals surface area contributed by atoms with Gasteiger partial charge in [0.15, 0.2) is 11.6 Å². The van der Waals surface area contributed by atoms with E-state index in [0.717, 1.165) is 44.1 Å². The maximum Gasteiger partial charge on any atom is 0.303 e. The Labute approximate surface area is 166 Å². The van der Waals surface area contributed by atoms with Crippen molar-refractivity contribution in [1.29, 1.82) is 0 Å². The predicted molar refractivity (Wildman–Crippen MR) is 103 cm³/mol. The molecule has 0 spiro atoms. The molecule has 5 nitrogen and oxygen atoms in total. The maximum absolute atomic E-state index is 12.9. The van der Waals surface area contributed by atoms with Gasteiger partial charge in [-0.05, 0) is 74.7 Å². The van der Waals surface area contributed by atoms with Crippen LogP contribution in [-0.2, 0) is 19.1 Å². The number of rotatable bonds is 3. The van der Waals surface area contributed by atoms with E-state index in [4.69, 9.17) is 4.74 Å². The number of carbonyl (C=O) groups excluding carboxylic acids is 3. The van der Waals surface area contributed by atoms with Crippen molar-refractivity contribution < 1.29 is 24.2 Å². The number of ether oxygens (including phenoxy) is 1. The molecule has 0 amide bonds. The summed E-state index contributed by atoms with van der Waals surface area (Å²) in [7, 11) is 0. The predicted octanol–water partition coefficient (Wildman–Crippen LogP) is 3.93. The fourth-order valence-electron chi connectivity index (χ4n) is 7.10. The van der Waals surface area contributed by atoms with Crippen LogP contribution in [0.4, 0.5) is 0 Å². The minimum absolute atomic E-state index is 0.0290. The van der Waals surface area contributed by atoms with Crippen molar-refractivity contribution in [3.05, 3.63) is 23.5 Å². The number of hydrogen-bond acceptors (Lipinski definition) is 5. The fourth-order valence-corrected chi connectivity index (χ4v) is 7.10. The Hall–Kier alpha value is -1.91. The summed E-state index contributed by atoms with van der Waals surface area (Å²) in [5, 5.41) is 9.90. The van der Waals surface area contributed by atoms with E-state index in [1.165, 1.54) is 13.0 Å². The molecule has 4 aliphatic carbocycles. The highest BCUT2D eigenvalue weighted by Crippen LogP contribution is 2.66. The van der Waals surface area contributed by atoms with E-state index < -0.39 is 11.4 Å². The molecule has 4 aliphatic rings. The second-order valence-electron chi connectivity index (χ2n) is 9.64. The summed E-state index contributed by atoms with van der Waals surface area (Å²) >= 11 is 0. The second-order valence-corrected chi connectivity index (χ2v) is 9.64. The first-order valence-corrected chi connectivity index (χ1v) is 10.5. The summed E-state index contributed by atoms with van der Waals surface area (Å²) in [5.41, 5.74) is 0.477. The van der Waals surface area contributed by atoms with Crippen LogP contribution < -0.4 is 0 Å². The SMILES string of the molecule is CC(=O)OCC(=O)[C@H]1CC[C@H]2[C@@H]3CCC4=CC(O)=CC(=O)[C@]4(C)[C@H]3CC[C@]12C. The topological polar surface area (TPSA) is 80.7 Å². The summed E-state index contributed by atoms with van der Waals surface area (Å²) < 4.78 is 4.99. The lowest BCUT2D eigenvalue weighted by molar-refractivity contribution is -0.149. The van der Waals surface area contributed by atoms with Gasteiger partial charge in [-0.3, -0.25) is 14.4 Å². The van der Waals surface area contributed by atoms with Crippen LogP contribution in [0.5, 0.6) is 0 Å². The third-order valence-corrected chi connectivity index (χ3v) is 8.51. The number of aliphatic hydroxyl groups excluding tert-OH is 1. The first-order valence-electron chi connectivity index (χ1n) is 10.5. The number of fused-ring (bicyclic) bond motifs is 5. The minimum Gasteiger partial charge on any atom is -0.508 e. The summed E-state index contributed by atoms with van der Waals surface area (Å²) in [6.07, 6.45) is 8.71. The molecule has 152 valence electrons. The van der Waals surface area contributed by atoms with E-state index in [2.05, 4.69) is 13.8 Å². The summed E-state index contributed by atoms with van der Waals surface area (Å²) in [6.45, 7) is 5.50. The van der Waals surface area contributed by atoms with Crippen molar-refractivity contribution in [3.63, 3.8) is 0 Å². The van der Waals surface area contributed by atoms with Gasteiger partial charge in [0.05, 0.1) is 5.41 Å². The van der Waals surface area contributed by atoms with Crippen molar-refractivity contribution in [2.75, 3.05) is 6.61 Å². The molecule has 1 N–H and O–H groups in total. The Morgan fingerprint density at radius 2 is 1.89 bits per heavy atom. The highest BCUT2D eigenvalue weighted by atomic mass is 16.5. The first kappa shape index (κ1) is 19.4. The maximum atomic E-state index is 12.9. The van der Waals surface area contributed by atoms with Gasteiger partial charge in [0.1, 0.15) is 12.4 Å². The van der Waals surface area contributed by atoms with Crippen LogP contribution in [0, 0.1) is 34.5 Å². The van der Waals surface area contributed by atoms with Gasteiger partial charge in [0.25, 0.3) is 0 Å². The molecule has 28 heavy (non-hydrogen) atoms. The molecule has 6 atom stereocenters. The molecule has 0 aromatic heterocycles. The highest BCUT2D eigenvalue weighted by Gasteiger charge is 2.61. The van der Waals surface area contributed by atoms with E-state index in [-0.39, 0.29) is 41.2 Å². The molecule has 0 heterocycles. The third-order valence-electron chi connectivity index (χ3n) is 8.51. The average molecular weight is 386 g/mol. The van der Waals surface area contributed by atoms with Crippen LogP contribution in [-0.4, -0.2) is 29.2 Å². The van der Waals surface area contributed by atoms with Gasteiger partial charge in [-0.2, -0.15) is 0 Å². The molecule has 3 fully saturated rings. The average Bonchev–Trinajstić information content (AvgIpc) is 2.98. The Bertz CT molecular complexity index is 793. The first-order chi connectivity index (χ1) is 13.2. The smallest absolute Gasteiger partial charge is 0.303 e. The number of aliphatic hydroxyl groups is 1. The molecular formula is C23H30O5. The number of hydrogen-bond donors (Lipinski definition) is 1. The molecule has 0 aromatic carbocycles. The largest absolute Gasteiger partial charge is 0.508 e. The summed E-state index contributed by atoms with van der Waals surface area (Å²) in [4.78, 5) is 36.8. The molecule has 3 saturated carbocycles. The van der Waals surface area contributed by atoms with E-state index in [1.807, 2.05) is 0 Å². The zero-order chi connectivity index (χ0) is 20.3. The zero-order valence-electron chi connectivity index (χ0n) is 17.0. The highest BCUT2D eigenvalue weighted by molar-refractivity contribution is 5.99. The summed E-state index contributed by atoms with van der Waals surface area (Å²) in [5.74, 6) is 0.785. The summed E-state index contributed by atoms with van der Waals surface area (Å²) in [6, 6.07) is 0. The van der Waals surface area contributed by atoms with Crippen LogP contribution in [0.2, 0.25) is 0 Å². The third kappa shape index (κ3) is 2.69. The molecule has 0 saturated heterocycles. The van der Waals surface area contributed by atoms with E-state index >= 15 is 0 Å². The lowest BCUT2D eigenvalue weighted by atomic mass is 9.47. The van der Waals surface area contributed by atoms with Gasteiger partial charge < -0.3 is 9.84 Å². The quantitative estimate of drug-likeness (QED) is 0.744. The molecular weight excluding hydrogens is 356 g/mol. The van der Waals surface area contributed by atoms with Gasteiger partial charge in [-0.25, -0.2) is 0 Å². The second kappa shape index (κ2) is 6.57. The van der Waals surface area contributed by atoms with Crippen molar-refractivity contribution in [2.45, 2.75) is 59.3 Å². The zero-order valence-corrected chi connectivity index (χ0v) is 17.0. The molecule has 0 radical (unpaired) electrons. The van der Waals surface area contributed by atoms with Crippen LogP contribution >= 0.6 is 0 Å². The van der Waals surface area contributed by atoms with Crippen molar-refractivity contribution in [2.24, 2.45) is 34.5 Å². The minimum atomic E-state index is -0.518. The molecule has 0 aliphatic heterocycles. The van der Waals surface area contributed by atoms with Crippen LogP contribution in [0.25, 0.3) is 0 Å². The molecule has 0 bridgehead atoms. The monoisotopic (exact) mass is 386 g/mol. The molecule has 0 aromatic rings. The lowest BCUT2D eigenvalue weighted by Gasteiger charge is -2.56. The Morgan fingerprint density at radius 1 is 1.14 bits per heavy atom. The molecule has 0 unspecified atom stereocenters. The number of Topliss-reactive ketones (excluding diaryl/α,β-unsaturated/α-hetero) is 1. The standard InChI is InChI=1S/C23H30O5/c1-13(24)28-12-20(26)19-7-6-17-16-5-4-14-10-15(25)11-21(27)23(14,3)18(16)8-9-22(17,19)2/h10-11,16-19,25H,4-9,12H2,1-3H3/t16-,17-,18-,19+,22-,23-/m0/s1. The van der Waals surface area contributed by atoms with Crippen molar-refractivity contribution in [3.8, 4) is 0 Å². The van der Waals surface area contributed by atoms with Crippen LogP contribution in [0.15, 0.2) is 23.5 Å². The van der Waals surface area contributed by atoms with E-state index in [9.17, 15) is 19.5 Å². The van der Waals surface area contributed by atoms with Gasteiger partial charge >= 0.3 is 5.97 Å². The van der Waals surface area contributed by atoms with Gasteiger partial charge in [0.2, 0.25) is 0 Å². The van der Waals surface area contributed by atoms with Crippen LogP contribution in [0.1, 0.15) is 59.3 Å². The molecule has 4 rings (SSSR count). The normalized spacial score (nSPS) is 41.9. The Morgan fingerprint density at radius 3 is 2.61 bits per heavy atom. The fraction of sp³-hybridized carbons (Fsp3) is 0.696. The molecule has 5 heteroatoms. The Balaban J connectivity index is 1.59. The number of carbonyl (C=O) groups is 3. The number of esters is 1. The number of ketones is 2. The number of allylic oxidation sites excluding steroid dienone is 3. The Kier molecular flexibility index (Phi) is 4.55. The van der Waals surface area contributed by atoms with Crippen LogP contribution in [0.3, 0.4) is 0 Å². The lowest BCUT2D eigenvalue weighted by Crippen LogP contribution is -2.53. The van der Waals surface area contributed by atoms with E-state index in [1.54, 1.807) is 6.08 Å². The van der Waals surface area contributed by atoms with Crippen molar-refractivity contribution in [1.82, 2.24) is 0 Å². The van der Waals surface area contributed by atoms with Crippen molar-refractivity contribution >= 4 is 17.5 Å². The van der Waals surface area contributed by atoms with Gasteiger partial charge in [-0.1, -0.05) is 12.5 Å². The van der Waals surface area contributed by atoms with Gasteiger partial charge in [0, 0.05) is 18.9 Å². The van der Waals surface area contributed by atoms with Gasteiger partial charge in [-0.15, -0.1) is 0 Å².